The highest BCUT2D eigenvalue weighted by Gasteiger charge is 1.98. The van der Waals surface area contributed by atoms with Gasteiger partial charge in [-0.1, -0.05) is 0 Å². The summed E-state index contributed by atoms with van der Waals surface area (Å²) in [7, 11) is 3.99. The van der Waals surface area contributed by atoms with E-state index in [1.165, 1.54) is 5.01 Å². The Labute approximate surface area is 100 Å². The van der Waals surface area contributed by atoms with E-state index in [0.29, 0.717) is 6.54 Å². The second-order valence-electron chi connectivity index (χ2n) is 2.74. The van der Waals surface area contributed by atoms with Crippen LogP contribution in [0.15, 0.2) is 0 Å². The summed E-state index contributed by atoms with van der Waals surface area (Å²) in [5.74, 6) is 5.29. The number of nitrogens with zero attached hydrogens (tertiary/aromatic N) is 2. The first-order valence-electron chi connectivity index (χ1n) is 3.55. The number of halogens is 2. The van der Waals surface area contributed by atoms with Crippen molar-refractivity contribution < 1.29 is 0 Å². The maximum Gasteiger partial charge on any atom is 0.202 e. The van der Waals surface area contributed by atoms with E-state index in [0.717, 1.165) is 13.0 Å². The number of nitrogens with one attached hydrogen (secondary N) is 1. The summed E-state index contributed by atoms with van der Waals surface area (Å²) < 4.78 is 0. The molecule has 0 amide bonds. The molecule has 0 fully saturated rings. The van der Waals surface area contributed by atoms with Crippen molar-refractivity contribution in [2.75, 3.05) is 27.2 Å². The van der Waals surface area contributed by atoms with E-state index in [4.69, 9.17) is 17.0 Å². The van der Waals surface area contributed by atoms with Gasteiger partial charge < -0.3 is 10.6 Å². The first-order valence-corrected chi connectivity index (χ1v) is 3.55. The SMILES string of the molecule is Br.Br.CN(C)CCCN(N)C(=N)N. The van der Waals surface area contributed by atoms with Gasteiger partial charge in [-0.2, -0.15) is 0 Å². The minimum Gasteiger partial charge on any atom is -0.369 e. The number of rotatable bonds is 4. The average molecular weight is 321 g/mol. The van der Waals surface area contributed by atoms with Crippen molar-refractivity contribution in [3.8, 4) is 0 Å². The number of hydrogen-bond donors (Lipinski definition) is 3. The van der Waals surface area contributed by atoms with Gasteiger partial charge in [0.1, 0.15) is 0 Å². The predicted octanol–water partition coefficient (Wildman–Crippen LogP) is 0.163. The lowest BCUT2D eigenvalue weighted by molar-refractivity contribution is 0.350. The fraction of sp³-hybridized carbons (Fsp3) is 0.833. The second kappa shape index (κ2) is 10.2. The first-order chi connectivity index (χ1) is 5.04. The van der Waals surface area contributed by atoms with Crippen LogP contribution >= 0.6 is 34.0 Å². The molecule has 82 valence electrons. The number of hydrogen-bond acceptors (Lipinski definition) is 3. The third-order valence-electron chi connectivity index (χ3n) is 1.31. The zero-order chi connectivity index (χ0) is 8.85. The molecule has 0 saturated heterocycles. The quantitative estimate of drug-likeness (QED) is 0.298. The van der Waals surface area contributed by atoms with Gasteiger partial charge in [0.25, 0.3) is 0 Å². The molecule has 0 aliphatic rings. The van der Waals surface area contributed by atoms with Gasteiger partial charge >= 0.3 is 0 Å². The summed E-state index contributed by atoms with van der Waals surface area (Å²) in [4.78, 5) is 2.06. The molecule has 0 aromatic rings. The minimum atomic E-state index is -0.0799. The molecule has 5 nitrogen and oxygen atoms in total. The smallest absolute Gasteiger partial charge is 0.202 e. The van der Waals surface area contributed by atoms with Crippen LogP contribution in [0.5, 0.6) is 0 Å². The van der Waals surface area contributed by atoms with Gasteiger partial charge in [-0.15, -0.1) is 34.0 Å². The van der Waals surface area contributed by atoms with Gasteiger partial charge in [0.15, 0.2) is 0 Å². The molecule has 0 rings (SSSR count). The van der Waals surface area contributed by atoms with E-state index < -0.39 is 0 Å². The Balaban J connectivity index is -0.000000500. The van der Waals surface area contributed by atoms with Crippen LogP contribution in [-0.2, 0) is 0 Å². The summed E-state index contributed by atoms with van der Waals surface area (Å²) >= 11 is 0. The Morgan fingerprint density at radius 1 is 1.23 bits per heavy atom. The van der Waals surface area contributed by atoms with E-state index in [9.17, 15) is 0 Å². The van der Waals surface area contributed by atoms with Crippen molar-refractivity contribution in [3.05, 3.63) is 0 Å². The molecule has 0 radical (unpaired) electrons. The molecule has 0 saturated carbocycles. The standard InChI is InChI=1S/C6H17N5.2BrH/c1-10(2)4-3-5-11(9)6(7)8;;/h3-5,9H2,1-2H3,(H3,7,8);2*1H. The highest BCUT2D eigenvalue weighted by Crippen LogP contribution is 1.85. The summed E-state index contributed by atoms with van der Waals surface area (Å²) in [6.07, 6.45) is 0.920. The molecular formula is C6H19Br2N5. The highest BCUT2D eigenvalue weighted by molar-refractivity contribution is 8.93. The van der Waals surface area contributed by atoms with Crippen LogP contribution in [0.1, 0.15) is 6.42 Å². The maximum atomic E-state index is 6.95. The minimum absolute atomic E-state index is 0. The molecule has 0 aromatic heterocycles. The Morgan fingerprint density at radius 3 is 2.00 bits per heavy atom. The van der Waals surface area contributed by atoms with Gasteiger partial charge in [0, 0.05) is 6.54 Å². The number of guanidine groups is 1. The molecule has 0 unspecified atom stereocenters. The lowest BCUT2D eigenvalue weighted by Crippen LogP contribution is -2.43. The lowest BCUT2D eigenvalue weighted by Gasteiger charge is -2.17. The highest BCUT2D eigenvalue weighted by atomic mass is 79.9. The topological polar surface area (TPSA) is 82.4 Å². The van der Waals surface area contributed by atoms with Gasteiger partial charge in [-0.25, -0.2) is 5.84 Å². The van der Waals surface area contributed by atoms with Crippen molar-refractivity contribution in [2.24, 2.45) is 11.6 Å². The van der Waals surface area contributed by atoms with E-state index in [1.807, 2.05) is 14.1 Å². The van der Waals surface area contributed by atoms with Crippen molar-refractivity contribution in [2.45, 2.75) is 6.42 Å². The van der Waals surface area contributed by atoms with Gasteiger partial charge in [0.2, 0.25) is 5.96 Å². The Morgan fingerprint density at radius 2 is 1.69 bits per heavy atom. The summed E-state index contributed by atoms with van der Waals surface area (Å²) in [6.45, 7) is 1.59. The normalized spacial score (nSPS) is 8.62. The Hall–Kier alpha value is 0.150. The molecule has 13 heavy (non-hydrogen) atoms. The van der Waals surface area contributed by atoms with E-state index in [1.54, 1.807) is 0 Å². The number of nitrogens with two attached hydrogens (primary N) is 2. The molecular weight excluding hydrogens is 302 g/mol. The van der Waals surface area contributed by atoms with Crippen LogP contribution in [0, 0.1) is 5.41 Å². The van der Waals surface area contributed by atoms with Crippen LogP contribution in [0.4, 0.5) is 0 Å². The molecule has 5 N–H and O–H groups in total. The Kier molecular flexibility index (Phi) is 14.8. The van der Waals surface area contributed by atoms with Gasteiger partial charge in [-0.3, -0.25) is 10.4 Å². The predicted molar refractivity (Wildman–Crippen MR) is 66.6 cm³/mol. The molecule has 0 bridgehead atoms. The van der Waals surface area contributed by atoms with Gasteiger partial charge in [-0.05, 0) is 27.1 Å². The van der Waals surface area contributed by atoms with Crippen molar-refractivity contribution in [1.82, 2.24) is 9.91 Å². The number of hydrazine groups is 1. The van der Waals surface area contributed by atoms with E-state index in [2.05, 4.69) is 4.90 Å². The summed E-state index contributed by atoms with van der Waals surface area (Å²) in [6, 6.07) is 0. The zero-order valence-corrected chi connectivity index (χ0v) is 11.4. The third kappa shape index (κ3) is 12.1. The van der Waals surface area contributed by atoms with E-state index >= 15 is 0 Å². The molecule has 0 spiro atoms. The van der Waals surface area contributed by atoms with Crippen LogP contribution in [0.2, 0.25) is 0 Å². The first kappa shape index (κ1) is 18.8. The maximum absolute atomic E-state index is 6.95. The summed E-state index contributed by atoms with van der Waals surface area (Å²) in [5, 5.41) is 8.19. The van der Waals surface area contributed by atoms with Crippen molar-refractivity contribution >= 4 is 39.9 Å². The molecule has 0 heterocycles. The summed E-state index contributed by atoms with van der Waals surface area (Å²) in [5.41, 5.74) is 5.12. The van der Waals surface area contributed by atoms with Crippen LogP contribution in [-0.4, -0.2) is 43.1 Å². The zero-order valence-electron chi connectivity index (χ0n) is 7.99. The van der Waals surface area contributed by atoms with Crippen LogP contribution in [0.3, 0.4) is 0 Å². The second-order valence-corrected chi connectivity index (χ2v) is 2.74. The fourth-order valence-corrected chi connectivity index (χ4v) is 0.678. The monoisotopic (exact) mass is 319 g/mol. The van der Waals surface area contributed by atoms with Gasteiger partial charge in [0.05, 0.1) is 0 Å². The molecule has 0 aromatic carbocycles. The molecule has 0 aliphatic carbocycles. The largest absolute Gasteiger partial charge is 0.369 e. The van der Waals surface area contributed by atoms with Crippen LogP contribution < -0.4 is 11.6 Å². The van der Waals surface area contributed by atoms with Crippen molar-refractivity contribution in [3.63, 3.8) is 0 Å². The lowest BCUT2D eigenvalue weighted by atomic mass is 10.4. The van der Waals surface area contributed by atoms with Crippen molar-refractivity contribution in [1.29, 1.82) is 5.41 Å². The molecule has 0 aliphatic heterocycles. The average Bonchev–Trinajstić information content (AvgIpc) is 1.86. The Bertz CT molecular complexity index is 130. The van der Waals surface area contributed by atoms with Crippen LogP contribution in [0.25, 0.3) is 0 Å². The molecule has 0 atom stereocenters. The third-order valence-corrected chi connectivity index (χ3v) is 1.31. The fourth-order valence-electron chi connectivity index (χ4n) is 0.678. The molecule has 7 heteroatoms. The van der Waals surface area contributed by atoms with E-state index in [-0.39, 0.29) is 39.9 Å².